The third kappa shape index (κ3) is 3.82. The smallest absolute Gasteiger partial charge is 0.233 e. The third-order valence-corrected chi connectivity index (χ3v) is 5.00. The fourth-order valence-electron chi connectivity index (χ4n) is 2.21. The molecule has 1 atom stereocenters. The zero-order valence-electron chi connectivity index (χ0n) is 11.6. The van der Waals surface area contributed by atoms with Crippen molar-refractivity contribution in [1.82, 2.24) is 9.80 Å². The molecule has 0 radical (unpaired) electrons. The van der Waals surface area contributed by atoms with Gasteiger partial charge in [-0.05, 0) is 39.2 Å². The first-order valence-corrected chi connectivity index (χ1v) is 8.30. The van der Waals surface area contributed by atoms with E-state index in [1.165, 1.54) is 0 Å². The molecule has 0 aliphatic carbocycles. The highest BCUT2D eigenvalue weighted by molar-refractivity contribution is 8.00. The van der Waals surface area contributed by atoms with Crippen LogP contribution in [0.25, 0.3) is 0 Å². The molecule has 0 bridgehead atoms. The minimum absolute atomic E-state index is 0.00873. The van der Waals surface area contributed by atoms with Crippen LogP contribution < -0.4 is 0 Å². The summed E-state index contributed by atoms with van der Waals surface area (Å²) in [6, 6.07) is 5.48. The molecule has 1 amide bonds. The highest BCUT2D eigenvalue weighted by Gasteiger charge is 2.33. The fourth-order valence-corrected chi connectivity index (χ4v) is 4.04. The van der Waals surface area contributed by atoms with Crippen molar-refractivity contribution in [3.63, 3.8) is 0 Å². The van der Waals surface area contributed by atoms with Gasteiger partial charge in [0, 0.05) is 22.2 Å². The molecular formula is C14H18Cl2N2OS. The molecular weight excluding hydrogens is 315 g/mol. The van der Waals surface area contributed by atoms with E-state index in [-0.39, 0.29) is 11.3 Å². The van der Waals surface area contributed by atoms with E-state index in [1.54, 1.807) is 17.8 Å². The zero-order valence-corrected chi connectivity index (χ0v) is 13.9. The topological polar surface area (TPSA) is 23.6 Å². The van der Waals surface area contributed by atoms with Crippen LogP contribution in [0.2, 0.25) is 10.0 Å². The summed E-state index contributed by atoms with van der Waals surface area (Å²) in [5.41, 5.74) is 0.969. The molecule has 0 saturated carbocycles. The average Bonchev–Trinajstić information content (AvgIpc) is 2.71. The van der Waals surface area contributed by atoms with Crippen molar-refractivity contribution in [1.29, 1.82) is 0 Å². The summed E-state index contributed by atoms with van der Waals surface area (Å²) >= 11 is 13.8. The van der Waals surface area contributed by atoms with E-state index in [1.807, 2.05) is 31.1 Å². The monoisotopic (exact) mass is 332 g/mol. The number of hydrogen-bond donors (Lipinski definition) is 0. The number of halogens is 2. The van der Waals surface area contributed by atoms with Crippen LogP contribution in [-0.4, -0.2) is 48.6 Å². The summed E-state index contributed by atoms with van der Waals surface area (Å²) < 4.78 is 0. The molecule has 1 saturated heterocycles. The Morgan fingerprint density at radius 2 is 2.15 bits per heavy atom. The van der Waals surface area contributed by atoms with Gasteiger partial charge in [-0.25, -0.2) is 0 Å². The number of nitrogens with zero attached hydrogens (tertiary/aromatic N) is 2. The van der Waals surface area contributed by atoms with Gasteiger partial charge in [0.1, 0.15) is 5.37 Å². The minimum atomic E-state index is 0.00873. The van der Waals surface area contributed by atoms with E-state index >= 15 is 0 Å². The second-order valence-corrected chi connectivity index (χ2v) is 6.99. The largest absolute Gasteiger partial charge is 0.326 e. The predicted octanol–water partition coefficient (Wildman–Crippen LogP) is 3.52. The highest BCUT2D eigenvalue weighted by atomic mass is 35.5. The van der Waals surface area contributed by atoms with Gasteiger partial charge < -0.3 is 9.80 Å². The molecule has 0 N–H and O–H groups in total. The molecule has 1 aromatic carbocycles. The lowest BCUT2D eigenvalue weighted by Gasteiger charge is -2.25. The Morgan fingerprint density at radius 3 is 2.80 bits per heavy atom. The lowest BCUT2D eigenvalue weighted by molar-refractivity contribution is -0.128. The average molecular weight is 333 g/mol. The van der Waals surface area contributed by atoms with Gasteiger partial charge in [-0.1, -0.05) is 29.3 Å². The molecule has 0 aromatic heterocycles. The fraction of sp³-hybridized carbons (Fsp3) is 0.500. The van der Waals surface area contributed by atoms with Crippen LogP contribution in [0, 0.1) is 0 Å². The maximum absolute atomic E-state index is 12.0. The standard InChI is InChI=1S/C14H18Cl2N2OS/c1-17(2)6-3-7-18-13(19)9-20-14(18)11-5-4-10(15)8-12(11)16/h4-5,8,14H,3,6-7,9H2,1-2H3. The Hall–Kier alpha value is -0.420. The number of hydrogen-bond acceptors (Lipinski definition) is 3. The summed E-state index contributed by atoms with van der Waals surface area (Å²) in [6.45, 7) is 1.73. The molecule has 1 aliphatic heterocycles. The van der Waals surface area contributed by atoms with E-state index < -0.39 is 0 Å². The Bertz CT molecular complexity index is 496. The van der Waals surface area contributed by atoms with Gasteiger partial charge in [-0.15, -0.1) is 11.8 Å². The first kappa shape index (κ1) is 16.0. The molecule has 1 unspecified atom stereocenters. The molecule has 1 heterocycles. The molecule has 110 valence electrons. The van der Waals surface area contributed by atoms with Crippen LogP contribution >= 0.6 is 35.0 Å². The number of benzene rings is 1. The Kier molecular flexibility index (Phi) is 5.61. The molecule has 3 nitrogen and oxygen atoms in total. The Labute approximate surface area is 134 Å². The van der Waals surface area contributed by atoms with Crippen molar-refractivity contribution in [3.8, 4) is 0 Å². The molecule has 1 aliphatic rings. The van der Waals surface area contributed by atoms with Crippen LogP contribution in [0.15, 0.2) is 18.2 Å². The van der Waals surface area contributed by atoms with Crippen molar-refractivity contribution < 1.29 is 4.79 Å². The van der Waals surface area contributed by atoms with Gasteiger partial charge >= 0.3 is 0 Å². The van der Waals surface area contributed by atoms with Crippen LogP contribution in [0.1, 0.15) is 17.4 Å². The van der Waals surface area contributed by atoms with Gasteiger partial charge in [0.15, 0.2) is 0 Å². The lowest BCUT2D eigenvalue weighted by Crippen LogP contribution is -2.31. The van der Waals surface area contributed by atoms with Gasteiger partial charge in [0.25, 0.3) is 0 Å². The quantitative estimate of drug-likeness (QED) is 0.824. The number of carbonyl (C=O) groups is 1. The number of carbonyl (C=O) groups excluding carboxylic acids is 1. The van der Waals surface area contributed by atoms with Gasteiger partial charge in [0.2, 0.25) is 5.91 Å². The van der Waals surface area contributed by atoms with E-state index in [2.05, 4.69) is 4.90 Å². The van der Waals surface area contributed by atoms with Crippen LogP contribution in [0.3, 0.4) is 0 Å². The minimum Gasteiger partial charge on any atom is -0.326 e. The van der Waals surface area contributed by atoms with Crippen molar-refractivity contribution in [2.24, 2.45) is 0 Å². The van der Waals surface area contributed by atoms with E-state index in [0.717, 1.165) is 25.1 Å². The summed E-state index contributed by atoms with van der Waals surface area (Å²) in [7, 11) is 4.07. The maximum atomic E-state index is 12.0. The summed E-state index contributed by atoms with van der Waals surface area (Å²) in [5, 5.41) is 1.25. The van der Waals surface area contributed by atoms with Crippen LogP contribution in [0.4, 0.5) is 0 Å². The molecule has 20 heavy (non-hydrogen) atoms. The van der Waals surface area contributed by atoms with Crippen molar-refractivity contribution in [2.45, 2.75) is 11.8 Å². The summed E-state index contributed by atoms with van der Waals surface area (Å²) in [4.78, 5) is 16.1. The number of rotatable bonds is 5. The molecule has 0 spiro atoms. The van der Waals surface area contributed by atoms with Crippen molar-refractivity contribution >= 4 is 40.9 Å². The maximum Gasteiger partial charge on any atom is 0.233 e. The molecule has 6 heteroatoms. The molecule has 1 aromatic rings. The Balaban J connectivity index is 2.11. The summed E-state index contributed by atoms with van der Waals surface area (Å²) in [6.07, 6.45) is 0.959. The van der Waals surface area contributed by atoms with E-state index in [9.17, 15) is 4.79 Å². The van der Waals surface area contributed by atoms with Gasteiger partial charge in [-0.3, -0.25) is 4.79 Å². The van der Waals surface area contributed by atoms with Gasteiger partial charge in [0.05, 0.1) is 5.75 Å². The molecule has 1 fully saturated rings. The van der Waals surface area contributed by atoms with Crippen molar-refractivity contribution in [2.75, 3.05) is 32.9 Å². The second-order valence-electron chi connectivity index (χ2n) is 5.07. The van der Waals surface area contributed by atoms with E-state index in [4.69, 9.17) is 23.2 Å². The lowest BCUT2D eigenvalue weighted by atomic mass is 10.2. The first-order valence-electron chi connectivity index (χ1n) is 6.50. The second kappa shape index (κ2) is 7.03. The predicted molar refractivity (Wildman–Crippen MR) is 86.5 cm³/mol. The van der Waals surface area contributed by atoms with Crippen molar-refractivity contribution in [3.05, 3.63) is 33.8 Å². The van der Waals surface area contributed by atoms with E-state index in [0.29, 0.717) is 15.8 Å². The Morgan fingerprint density at radius 1 is 1.40 bits per heavy atom. The number of thioether (sulfide) groups is 1. The van der Waals surface area contributed by atoms with Crippen LogP contribution in [0.5, 0.6) is 0 Å². The number of amides is 1. The van der Waals surface area contributed by atoms with Gasteiger partial charge in [-0.2, -0.15) is 0 Å². The highest BCUT2D eigenvalue weighted by Crippen LogP contribution is 2.42. The molecule has 2 rings (SSSR count). The summed E-state index contributed by atoms with van der Waals surface area (Å²) in [5.74, 6) is 0.704. The normalized spacial score (nSPS) is 19.1. The third-order valence-electron chi connectivity index (χ3n) is 3.20. The zero-order chi connectivity index (χ0) is 14.7. The van der Waals surface area contributed by atoms with Crippen LogP contribution in [-0.2, 0) is 4.79 Å². The first-order chi connectivity index (χ1) is 9.49. The SMILES string of the molecule is CN(C)CCCN1C(=O)CSC1c1ccc(Cl)cc1Cl.